The van der Waals surface area contributed by atoms with Crippen molar-refractivity contribution in [3.63, 3.8) is 0 Å². The predicted octanol–water partition coefficient (Wildman–Crippen LogP) is 1.92. The van der Waals surface area contributed by atoms with Gasteiger partial charge in [0.15, 0.2) is 0 Å². The topological polar surface area (TPSA) is 80.0 Å². The van der Waals surface area contributed by atoms with Crippen LogP contribution in [-0.2, 0) is 4.74 Å². The first-order chi connectivity index (χ1) is 6.66. The summed E-state index contributed by atoms with van der Waals surface area (Å²) < 4.78 is 9.30. The zero-order valence-electron chi connectivity index (χ0n) is 7.47. The Bertz CT molecular complexity index is 318. The molecule has 0 aliphatic heterocycles. The van der Waals surface area contributed by atoms with Gasteiger partial charge < -0.3 is 14.3 Å². The smallest absolute Gasteiger partial charge is 0.426 e. The van der Waals surface area contributed by atoms with Gasteiger partial charge in [0.05, 0.1) is 12.9 Å². The lowest BCUT2D eigenvalue weighted by atomic mass is 10.6. The van der Waals surface area contributed by atoms with Crippen molar-refractivity contribution in [3.8, 4) is 0 Å². The minimum Gasteiger partial charge on any atom is -0.464 e. The molecule has 14 heavy (non-hydrogen) atoms. The summed E-state index contributed by atoms with van der Waals surface area (Å²) in [6.07, 6.45) is -1.15. The molecule has 76 valence electrons. The number of carbonyl (C=O) groups excluding carboxylic acids is 1. The van der Waals surface area contributed by atoms with E-state index in [2.05, 4.69) is 4.74 Å². The molecule has 0 unspecified atom stereocenters. The Labute approximate surface area is 79.7 Å². The molecule has 2 amide bonds. The van der Waals surface area contributed by atoms with E-state index in [-0.39, 0.29) is 12.5 Å². The van der Waals surface area contributed by atoms with Crippen LogP contribution in [0.4, 0.5) is 15.5 Å². The molecular formula is C8H9NO5. The molecule has 0 aliphatic carbocycles. The number of nitrogens with zero attached hydrogens (tertiary/aromatic N) is 1. The Morgan fingerprint density at radius 1 is 1.64 bits per heavy atom. The fourth-order valence-corrected chi connectivity index (χ4v) is 0.847. The van der Waals surface area contributed by atoms with Gasteiger partial charge in [-0.1, -0.05) is 0 Å². The summed E-state index contributed by atoms with van der Waals surface area (Å²) in [6, 6.07) is 2.83. The fraction of sp³-hybridized carbons (Fsp3) is 0.250. The SMILES string of the molecule is CCOC(=O)N(C(=O)O)c1ccco1. The molecule has 0 saturated heterocycles. The maximum absolute atomic E-state index is 11.1. The van der Waals surface area contributed by atoms with Crippen molar-refractivity contribution < 1.29 is 23.8 Å². The summed E-state index contributed by atoms with van der Waals surface area (Å²) in [7, 11) is 0. The van der Waals surface area contributed by atoms with Gasteiger partial charge in [0, 0.05) is 6.07 Å². The van der Waals surface area contributed by atoms with Crippen molar-refractivity contribution in [1.82, 2.24) is 0 Å². The average Bonchev–Trinajstić information content (AvgIpc) is 2.57. The van der Waals surface area contributed by atoms with E-state index in [9.17, 15) is 9.59 Å². The maximum atomic E-state index is 11.1. The first-order valence-electron chi connectivity index (χ1n) is 3.90. The van der Waals surface area contributed by atoms with Crippen LogP contribution in [0.5, 0.6) is 0 Å². The molecule has 6 nitrogen and oxygen atoms in total. The molecule has 0 radical (unpaired) electrons. The predicted molar refractivity (Wildman–Crippen MR) is 46.2 cm³/mol. The van der Waals surface area contributed by atoms with Crippen LogP contribution < -0.4 is 4.90 Å². The number of imide groups is 1. The number of anilines is 1. The van der Waals surface area contributed by atoms with Crippen molar-refractivity contribution in [2.75, 3.05) is 11.5 Å². The largest absolute Gasteiger partial charge is 0.464 e. The van der Waals surface area contributed by atoms with Crippen molar-refractivity contribution in [2.45, 2.75) is 6.92 Å². The maximum Gasteiger partial charge on any atom is 0.426 e. The van der Waals surface area contributed by atoms with Crippen LogP contribution in [0, 0.1) is 0 Å². The van der Waals surface area contributed by atoms with E-state index >= 15 is 0 Å². The number of rotatable bonds is 2. The molecule has 1 aromatic heterocycles. The normalized spacial score (nSPS) is 9.50. The number of hydrogen-bond donors (Lipinski definition) is 1. The Hall–Kier alpha value is -1.98. The third kappa shape index (κ3) is 2.03. The van der Waals surface area contributed by atoms with Crippen LogP contribution in [0.1, 0.15) is 6.92 Å². The summed E-state index contributed by atoms with van der Waals surface area (Å²) >= 11 is 0. The van der Waals surface area contributed by atoms with Crippen molar-refractivity contribution in [1.29, 1.82) is 0 Å². The van der Waals surface area contributed by atoms with Gasteiger partial charge in [-0.3, -0.25) is 0 Å². The zero-order chi connectivity index (χ0) is 10.6. The lowest BCUT2D eigenvalue weighted by Gasteiger charge is -2.12. The number of furan rings is 1. The number of carbonyl (C=O) groups is 2. The van der Waals surface area contributed by atoms with E-state index in [1.807, 2.05) is 0 Å². The molecule has 0 aliphatic rings. The molecule has 0 spiro atoms. The van der Waals surface area contributed by atoms with Gasteiger partial charge in [0.1, 0.15) is 0 Å². The highest BCUT2D eigenvalue weighted by Crippen LogP contribution is 2.15. The van der Waals surface area contributed by atoms with Crippen LogP contribution in [0.3, 0.4) is 0 Å². The lowest BCUT2D eigenvalue weighted by Crippen LogP contribution is -2.35. The van der Waals surface area contributed by atoms with E-state index < -0.39 is 12.2 Å². The third-order valence-corrected chi connectivity index (χ3v) is 1.37. The van der Waals surface area contributed by atoms with Crippen LogP contribution in [0.15, 0.2) is 22.8 Å². The highest BCUT2D eigenvalue weighted by molar-refractivity contribution is 6.07. The van der Waals surface area contributed by atoms with Crippen molar-refractivity contribution in [3.05, 3.63) is 18.4 Å². The van der Waals surface area contributed by atoms with Crippen molar-refractivity contribution in [2.24, 2.45) is 0 Å². The van der Waals surface area contributed by atoms with E-state index in [0.29, 0.717) is 4.90 Å². The van der Waals surface area contributed by atoms with E-state index in [1.54, 1.807) is 6.92 Å². The molecule has 1 aromatic rings. The van der Waals surface area contributed by atoms with Gasteiger partial charge in [-0.15, -0.1) is 4.90 Å². The Morgan fingerprint density at radius 3 is 2.79 bits per heavy atom. The molecular weight excluding hydrogens is 190 g/mol. The molecule has 0 bridgehead atoms. The highest BCUT2D eigenvalue weighted by Gasteiger charge is 2.26. The monoisotopic (exact) mass is 199 g/mol. The molecule has 6 heteroatoms. The molecule has 0 aromatic carbocycles. The molecule has 0 atom stereocenters. The quantitative estimate of drug-likeness (QED) is 0.786. The first kappa shape index (κ1) is 10.1. The van der Waals surface area contributed by atoms with Crippen LogP contribution in [-0.4, -0.2) is 23.9 Å². The number of amides is 2. The van der Waals surface area contributed by atoms with Gasteiger partial charge in [-0.2, -0.15) is 0 Å². The summed E-state index contributed by atoms with van der Waals surface area (Å²) in [5, 5.41) is 8.71. The van der Waals surface area contributed by atoms with Crippen LogP contribution in [0.2, 0.25) is 0 Å². The Morgan fingerprint density at radius 2 is 2.36 bits per heavy atom. The van der Waals surface area contributed by atoms with Gasteiger partial charge in [0.25, 0.3) is 0 Å². The Kier molecular flexibility index (Phi) is 3.11. The van der Waals surface area contributed by atoms with Gasteiger partial charge in [0.2, 0.25) is 5.88 Å². The minimum absolute atomic E-state index is 0.0871. The molecule has 1 N–H and O–H groups in total. The first-order valence-corrected chi connectivity index (χ1v) is 3.90. The average molecular weight is 199 g/mol. The van der Waals surface area contributed by atoms with E-state index in [0.717, 1.165) is 0 Å². The summed E-state index contributed by atoms with van der Waals surface area (Å²) in [4.78, 5) is 22.2. The van der Waals surface area contributed by atoms with Gasteiger partial charge in [-0.05, 0) is 13.0 Å². The molecule has 1 heterocycles. The number of carboxylic acid groups (broad SMARTS) is 1. The van der Waals surface area contributed by atoms with Crippen LogP contribution in [0.25, 0.3) is 0 Å². The lowest BCUT2D eigenvalue weighted by molar-refractivity contribution is 0.152. The minimum atomic E-state index is -1.45. The highest BCUT2D eigenvalue weighted by atomic mass is 16.6. The van der Waals surface area contributed by atoms with Crippen LogP contribution >= 0.6 is 0 Å². The molecule has 0 fully saturated rings. The summed E-state index contributed by atoms with van der Waals surface area (Å²) in [6.45, 7) is 1.68. The summed E-state index contributed by atoms with van der Waals surface area (Å²) in [5.41, 5.74) is 0. The second-order valence-electron chi connectivity index (χ2n) is 2.27. The Balaban J connectivity index is 2.85. The molecule has 0 saturated carbocycles. The number of hydrogen-bond acceptors (Lipinski definition) is 4. The second kappa shape index (κ2) is 4.31. The third-order valence-electron chi connectivity index (χ3n) is 1.37. The number of ether oxygens (including phenoxy) is 1. The van der Waals surface area contributed by atoms with Gasteiger partial charge in [-0.25, -0.2) is 9.59 Å². The second-order valence-corrected chi connectivity index (χ2v) is 2.27. The van der Waals surface area contributed by atoms with Gasteiger partial charge >= 0.3 is 12.2 Å². The molecule has 1 rings (SSSR count). The standard InChI is InChI=1S/C8H9NO5/c1-2-13-8(12)9(7(10)11)6-4-3-5-14-6/h3-5H,2H2,1H3,(H,10,11). The van der Waals surface area contributed by atoms with Crippen molar-refractivity contribution >= 4 is 18.1 Å². The summed E-state index contributed by atoms with van der Waals surface area (Å²) in [5.74, 6) is -0.0871. The van der Waals surface area contributed by atoms with E-state index in [4.69, 9.17) is 9.52 Å². The zero-order valence-corrected chi connectivity index (χ0v) is 7.47. The van der Waals surface area contributed by atoms with E-state index in [1.165, 1.54) is 18.4 Å². The fourth-order valence-electron chi connectivity index (χ4n) is 0.847.